The molecule has 224 valence electrons. The number of halogens is 1. The molecule has 0 saturated heterocycles. The smallest absolute Gasteiger partial charge is 0.290 e. The van der Waals surface area contributed by atoms with E-state index >= 15 is 4.39 Å². The van der Waals surface area contributed by atoms with Gasteiger partial charge in [0.1, 0.15) is 17.3 Å². The van der Waals surface area contributed by atoms with Gasteiger partial charge in [0.25, 0.3) is 11.1 Å². The first-order valence-electron chi connectivity index (χ1n) is 13.4. The predicted molar refractivity (Wildman–Crippen MR) is 161 cm³/mol. The molecule has 0 fully saturated rings. The van der Waals surface area contributed by atoms with E-state index in [0.29, 0.717) is 17.5 Å². The van der Waals surface area contributed by atoms with Crippen LogP contribution in [0.25, 0.3) is 22.8 Å². The Morgan fingerprint density at radius 3 is 2.49 bits per heavy atom. The molecular formula is C30H31FN6O5S. The molecular weight excluding hydrogens is 575 g/mol. The molecule has 0 radical (unpaired) electrons. The van der Waals surface area contributed by atoms with Gasteiger partial charge in [-0.15, -0.1) is 0 Å². The van der Waals surface area contributed by atoms with E-state index in [4.69, 9.17) is 0 Å². The van der Waals surface area contributed by atoms with E-state index < -0.39 is 33.4 Å². The summed E-state index contributed by atoms with van der Waals surface area (Å²) in [5.41, 5.74) is 0.456. The summed E-state index contributed by atoms with van der Waals surface area (Å²) in [5.74, 6) is -0.469. The maximum Gasteiger partial charge on any atom is 0.290 e. The van der Waals surface area contributed by atoms with Crippen molar-refractivity contribution >= 4 is 27.2 Å². The lowest BCUT2D eigenvalue weighted by Gasteiger charge is -2.31. The number of aliphatic hydroxyl groups is 1. The van der Waals surface area contributed by atoms with Gasteiger partial charge < -0.3 is 10.4 Å². The Labute approximate surface area is 247 Å². The van der Waals surface area contributed by atoms with E-state index in [9.17, 15) is 23.1 Å². The van der Waals surface area contributed by atoms with Crippen LogP contribution in [0.1, 0.15) is 37.5 Å². The molecule has 3 heterocycles. The fraction of sp³-hybridized carbons (Fsp3) is 0.300. The highest BCUT2D eigenvalue weighted by atomic mass is 32.2. The monoisotopic (exact) mass is 606 g/mol. The van der Waals surface area contributed by atoms with Crippen LogP contribution in [0.15, 0.2) is 69.4 Å². The third-order valence-electron chi connectivity index (χ3n) is 7.50. The molecule has 0 bridgehead atoms. The van der Waals surface area contributed by atoms with E-state index in [1.54, 1.807) is 18.2 Å². The number of sulfone groups is 1. The molecule has 0 aliphatic heterocycles. The van der Waals surface area contributed by atoms with Crippen molar-refractivity contribution in [3.8, 4) is 16.9 Å². The number of anilines is 2. The fourth-order valence-electron chi connectivity index (χ4n) is 5.00. The third-order valence-corrected chi connectivity index (χ3v) is 8.60. The molecule has 1 unspecified atom stereocenters. The molecule has 0 amide bonds. The van der Waals surface area contributed by atoms with Crippen LogP contribution in [0.3, 0.4) is 0 Å². The molecule has 11 nitrogen and oxygen atoms in total. The van der Waals surface area contributed by atoms with Gasteiger partial charge in [-0.05, 0) is 53.7 Å². The summed E-state index contributed by atoms with van der Waals surface area (Å²) in [5, 5.41) is 22.0. The van der Waals surface area contributed by atoms with Gasteiger partial charge in [-0.1, -0.05) is 32.9 Å². The Balaban J connectivity index is 1.58. The first kappa shape index (κ1) is 30.0. The number of pyridine rings is 1. The highest BCUT2D eigenvalue weighted by molar-refractivity contribution is 7.90. The Morgan fingerprint density at radius 2 is 1.86 bits per heavy atom. The normalized spacial score (nSPS) is 15.1. The van der Waals surface area contributed by atoms with Crippen molar-refractivity contribution in [3.63, 3.8) is 0 Å². The fourth-order valence-corrected chi connectivity index (χ4v) is 5.56. The standard InChI is InChI=1S/C30H31FN6O5S/c1-30(2,3)18-11-17-14-33-37(29(40)27(17)22(31)12-18)25-8-6-7-20(21(25)16-38)23-13-24(28(39)36(4)35-23)34-26-10-9-19(15-32-26)43(5,41)42/h6-10,12-15,18,38H,11,16H2,1-5H3,(H,32,34). The number of rotatable bonds is 6. The molecule has 4 aromatic rings. The molecule has 3 aromatic heterocycles. The maximum atomic E-state index is 15.3. The van der Waals surface area contributed by atoms with Gasteiger partial charge in [0.15, 0.2) is 9.84 Å². The zero-order valence-corrected chi connectivity index (χ0v) is 25.1. The molecule has 0 spiro atoms. The van der Waals surface area contributed by atoms with Gasteiger partial charge in [0.2, 0.25) is 0 Å². The van der Waals surface area contributed by atoms with Crippen LogP contribution in [0.5, 0.6) is 0 Å². The molecule has 1 aliphatic carbocycles. The molecule has 13 heteroatoms. The lowest BCUT2D eigenvalue weighted by atomic mass is 9.74. The number of aliphatic hydroxyl groups excluding tert-OH is 1. The number of fused-ring (bicyclic) bond motifs is 1. The molecule has 43 heavy (non-hydrogen) atoms. The van der Waals surface area contributed by atoms with Crippen LogP contribution in [-0.4, -0.2) is 44.3 Å². The minimum absolute atomic E-state index is 0.0289. The van der Waals surface area contributed by atoms with Crippen LogP contribution in [0.2, 0.25) is 0 Å². The first-order valence-corrected chi connectivity index (χ1v) is 15.3. The summed E-state index contributed by atoms with van der Waals surface area (Å²) in [6.07, 6.45) is 5.71. The Kier molecular flexibility index (Phi) is 7.65. The lowest BCUT2D eigenvalue weighted by Crippen LogP contribution is -2.31. The summed E-state index contributed by atoms with van der Waals surface area (Å²) < 4.78 is 41.0. The van der Waals surface area contributed by atoms with Crippen LogP contribution in [0, 0.1) is 11.3 Å². The summed E-state index contributed by atoms with van der Waals surface area (Å²) >= 11 is 0. The number of hydrogen-bond donors (Lipinski definition) is 2. The number of aromatic nitrogens is 5. The van der Waals surface area contributed by atoms with Crippen LogP contribution < -0.4 is 16.4 Å². The van der Waals surface area contributed by atoms with Crippen molar-refractivity contribution in [2.45, 2.75) is 38.7 Å². The Bertz CT molecular complexity index is 1990. The second kappa shape index (κ2) is 11.0. The van der Waals surface area contributed by atoms with Gasteiger partial charge >= 0.3 is 0 Å². The van der Waals surface area contributed by atoms with Gasteiger partial charge in [-0.3, -0.25) is 9.59 Å². The third kappa shape index (κ3) is 5.77. The lowest BCUT2D eigenvalue weighted by molar-refractivity contribution is 0.281. The topological polar surface area (TPSA) is 149 Å². The zero-order valence-electron chi connectivity index (χ0n) is 24.3. The van der Waals surface area contributed by atoms with Gasteiger partial charge in [-0.25, -0.2) is 22.5 Å². The summed E-state index contributed by atoms with van der Waals surface area (Å²) in [4.78, 5) is 30.6. The van der Waals surface area contributed by atoms with Crippen molar-refractivity contribution in [1.29, 1.82) is 0 Å². The minimum Gasteiger partial charge on any atom is -0.392 e. The van der Waals surface area contributed by atoms with Crippen LogP contribution >= 0.6 is 0 Å². The zero-order chi connectivity index (χ0) is 31.3. The van der Waals surface area contributed by atoms with Crippen molar-refractivity contribution in [3.05, 3.63) is 92.3 Å². The number of benzene rings is 1. The van der Waals surface area contributed by atoms with Gasteiger partial charge in [0.05, 0.1) is 34.6 Å². The second-order valence-corrected chi connectivity index (χ2v) is 13.6. The highest BCUT2D eigenvalue weighted by Gasteiger charge is 2.31. The average molecular weight is 607 g/mol. The van der Waals surface area contributed by atoms with Gasteiger partial charge in [-0.2, -0.15) is 14.9 Å². The number of aryl methyl sites for hydroxylation is 1. The molecule has 0 saturated carbocycles. The Morgan fingerprint density at radius 1 is 1.12 bits per heavy atom. The molecule has 5 rings (SSSR count). The van der Waals surface area contributed by atoms with E-state index in [0.717, 1.165) is 15.6 Å². The van der Waals surface area contributed by atoms with Crippen molar-refractivity contribution in [1.82, 2.24) is 24.5 Å². The number of nitrogens with zero attached hydrogens (tertiary/aromatic N) is 5. The minimum atomic E-state index is -3.45. The molecule has 2 N–H and O–H groups in total. The Hall–Kier alpha value is -4.49. The second-order valence-electron chi connectivity index (χ2n) is 11.6. The quantitative estimate of drug-likeness (QED) is 0.336. The number of nitrogens with one attached hydrogen (secondary N) is 1. The van der Waals surface area contributed by atoms with Crippen molar-refractivity contribution in [2.24, 2.45) is 18.4 Å². The van der Waals surface area contributed by atoms with E-state index in [1.807, 2.05) is 20.8 Å². The average Bonchev–Trinajstić information content (AvgIpc) is 2.94. The molecule has 1 aliphatic rings. The highest BCUT2D eigenvalue weighted by Crippen LogP contribution is 2.37. The maximum absolute atomic E-state index is 15.3. The SMILES string of the molecule is Cn1nc(-c2cccc(-n3ncc4c(c3=O)C(F)=CC(C(C)(C)C)C4)c2CO)cc(Nc2ccc(S(C)(=O)=O)cn2)c1=O. The van der Waals surface area contributed by atoms with Crippen LogP contribution in [0.4, 0.5) is 15.9 Å². The van der Waals surface area contributed by atoms with Crippen molar-refractivity contribution < 1.29 is 17.9 Å². The predicted octanol–water partition coefficient (Wildman–Crippen LogP) is 3.56. The molecule has 1 atom stereocenters. The first-order chi connectivity index (χ1) is 20.2. The van der Waals surface area contributed by atoms with E-state index in [1.165, 1.54) is 43.7 Å². The van der Waals surface area contributed by atoms with Gasteiger partial charge in [0, 0.05) is 30.6 Å². The van der Waals surface area contributed by atoms with Crippen LogP contribution in [-0.2, 0) is 29.9 Å². The summed E-state index contributed by atoms with van der Waals surface area (Å²) in [6, 6.07) is 9.17. The van der Waals surface area contributed by atoms with E-state index in [-0.39, 0.29) is 50.2 Å². The largest absolute Gasteiger partial charge is 0.392 e. The number of allylic oxidation sites excluding steroid dienone is 1. The molecule has 1 aromatic carbocycles. The summed E-state index contributed by atoms with van der Waals surface area (Å²) in [7, 11) is -1.99. The summed E-state index contributed by atoms with van der Waals surface area (Å²) in [6.45, 7) is 5.53. The van der Waals surface area contributed by atoms with E-state index in [2.05, 4.69) is 20.5 Å². The number of hydrogen-bond acceptors (Lipinski definition) is 9. The van der Waals surface area contributed by atoms with Crippen molar-refractivity contribution in [2.75, 3.05) is 11.6 Å².